The van der Waals surface area contributed by atoms with Crippen molar-refractivity contribution in [1.82, 2.24) is 0 Å². The molecule has 0 unspecified atom stereocenters. The zero-order valence-corrected chi connectivity index (χ0v) is 11.9. The number of carboxylic acid groups (broad SMARTS) is 1. The smallest absolute Gasteiger partial charge is 0.337 e. The summed E-state index contributed by atoms with van der Waals surface area (Å²) >= 11 is 0. The van der Waals surface area contributed by atoms with E-state index < -0.39 is 5.97 Å². The van der Waals surface area contributed by atoms with Gasteiger partial charge in [-0.15, -0.1) is 0 Å². The van der Waals surface area contributed by atoms with Gasteiger partial charge in [-0.3, -0.25) is 0 Å². The minimum atomic E-state index is -0.825. The Labute approximate surface area is 115 Å². The number of hydrogen-bond donors (Lipinski definition) is 1. The number of rotatable bonds is 4. The Hall–Kier alpha value is -1.51. The molecule has 1 aliphatic heterocycles. The molecule has 1 aromatic rings. The van der Waals surface area contributed by atoms with Gasteiger partial charge in [0.1, 0.15) is 0 Å². The number of anilines is 1. The van der Waals surface area contributed by atoms with Crippen molar-refractivity contribution in [1.29, 1.82) is 0 Å². The third-order valence-corrected chi connectivity index (χ3v) is 4.03. The van der Waals surface area contributed by atoms with E-state index in [9.17, 15) is 9.90 Å². The summed E-state index contributed by atoms with van der Waals surface area (Å²) in [6.45, 7) is 6.13. The molecule has 0 aromatic heterocycles. The van der Waals surface area contributed by atoms with Gasteiger partial charge in [-0.05, 0) is 37.8 Å². The van der Waals surface area contributed by atoms with Crippen LogP contribution in [0, 0.1) is 12.8 Å². The maximum atomic E-state index is 11.4. The molecule has 1 fully saturated rings. The first-order chi connectivity index (χ1) is 9.11. The highest BCUT2D eigenvalue weighted by molar-refractivity contribution is 5.94. The molecule has 1 aromatic carbocycles. The SMILES string of the molecule is CCCC1CCN(c2ccc(C)cc2C(=O)O)CC1. The Morgan fingerprint density at radius 3 is 2.63 bits per heavy atom. The average Bonchev–Trinajstić information content (AvgIpc) is 2.40. The van der Waals surface area contributed by atoms with Crippen LogP contribution in [0.1, 0.15) is 48.5 Å². The summed E-state index contributed by atoms with van der Waals surface area (Å²) in [7, 11) is 0. The van der Waals surface area contributed by atoms with E-state index in [0.29, 0.717) is 5.56 Å². The lowest BCUT2D eigenvalue weighted by molar-refractivity contribution is 0.0697. The van der Waals surface area contributed by atoms with Gasteiger partial charge in [0, 0.05) is 13.1 Å². The molecule has 1 aliphatic rings. The monoisotopic (exact) mass is 261 g/mol. The van der Waals surface area contributed by atoms with Crippen LogP contribution in [-0.2, 0) is 0 Å². The lowest BCUT2D eigenvalue weighted by atomic mass is 9.92. The topological polar surface area (TPSA) is 40.5 Å². The molecule has 1 saturated heterocycles. The molecule has 1 N–H and O–H groups in total. The highest BCUT2D eigenvalue weighted by Crippen LogP contribution is 2.29. The molecule has 0 spiro atoms. The second kappa shape index (κ2) is 6.09. The minimum Gasteiger partial charge on any atom is -0.478 e. The molecular weight excluding hydrogens is 238 g/mol. The van der Waals surface area contributed by atoms with Gasteiger partial charge in [-0.25, -0.2) is 4.79 Å². The van der Waals surface area contributed by atoms with E-state index in [-0.39, 0.29) is 0 Å². The van der Waals surface area contributed by atoms with Crippen molar-refractivity contribution >= 4 is 11.7 Å². The lowest BCUT2D eigenvalue weighted by Crippen LogP contribution is -2.34. The van der Waals surface area contributed by atoms with Crippen LogP contribution in [0.15, 0.2) is 18.2 Å². The van der Waals surface area contributed by atoms with Gasteiger partial charge in [0.2, 0.25) is 0 Å². The van der Waals surface area contributed by atoms with E-state index in [1.165, 1.54) is 25.7 Å². The van der Waals surface area contributed by atoms with E-state index in [1.54, 1.807) is 6.07 Å². The Balaban J connectivity index is 2.13. The fraction of sp³-hybridized carbons (Fsp3) is 0.562. The van der Waals surface area contributed by atoms with Crippen molar-refractivity contribution < 1.29 is 9.90 Å². The maximum Gasteiger partial charge on any atom is 0.337 e. The van der Waals surface area contributed by atoms with E-state index >= 15 is 0 Å². The van der Waals surface area contributed by atoms with Gasteiger partial charge >= 0.3 is 5.97 Å². The zero-order chi connectivity index (χ0) is 13.8. The molecule has 19 heavy (non-hydrogen) atoms. The molecule has 2 rings (SSSR count). The van der Waals surface area contributed by atoms with Crippen LogP contribution in [0.4, 0.5) is 5.69 Å². The predicted molar refractivity (Wildman–Crippen MR) is 78.0 cm³/mol. The number of carbonyl (C=O) groups is 1. The Kier molecular flexibility index (Phi) is 4.46. The molecule has 0 aliphatic carbocycles. The van der Waals surface area contributed by atoms with Crippen LogP contribution in [-0.4, -0.2) is 24.2 Å². The number of aryl methyl sites for hydroxylation is 1. The molecule has 1 heterocycles. The fourth-order valence-electron chi connectivity index (χ4n) is 2.97. The first kappa shape index (κ1) is 13.9. The van der Waals surface area contributed by atoms with Crippen molar-refractivity contribution in [3.05, 3.63) is 29.3 Å². The minimum absolute atomic E-state index is 0.439. The summed E-state index contributed by atoms with van der Waals surface area (Å²) in [4.78, 5) is 13.6. The first-order valence-electron chi connectivity index (χ1n) is 7.20. The highest BCUT2D eigenvalue weighted by atomic mass is 16.4. The standard InChI is InChI=1S/C16H23NO2/c1-3-4-13-7-9-17(10-8-13)15-6-5-12(2)11-14(15)16(18)19/h5-6,11,13H,3-4,7-10H2,1-2H3,(H,18,19). The number of aromatic carboxylic acids is 1. The van der Waals surface area contributed by atoms with Crippen LogP contribution >= 0.6 is 0 Å². The number of nitrogens with zero attached hydrogens (tertiary/aromatic N) is 1. The molecule has 0 radical (unpaired) electrons. The fourth-order valence-corrected chi connectivity index (χ4v) is 2.97. The van der Waals surface area contributed by atoms with Crippen molar-refractivity contribution in [2.45, 2.75) is 39.5 Å². The van der Waals surface area contributed by atoms with Crippen molar-refractivity contribution in [3.63, 3.8) is 0 Å². The van der Waals surface area contributed by atoms with Crippen molar-refractivity contribution in [2.24, 2.45) is 5.92 Å². The van der Waals surface area contributed by atoms with Crippen LogP contribution in [0.5, 0.6) is 0 Å². The molecule has 0 atom stereocenters. The van der Waals surface area contributed by atoms with Gasteiger partial charge in [0.25, 0.3) is 0 Å². The molecule has 0 saturated carbocycles. The molecular formula is C16H23NO2. The second-order valence-electron chi connectivity index (χ2n) is 5.54. The number of hydrogen-bond acceptors (Lipinski definition) is 2. The maximum absolute atomic E-state index is 11.4. The van der Waals surface area contributed by atoms with Gasteiger partial charge < -0.3 is 10.0 Å². The predicted octanol–water partition coefficient (Wildman–Crippen LogP) is 3.71. The molecule has 3 nitrogen and oxygen atoms in total. The van der Waals surface area contributed by atoms with Crippen LogP contribution in [0.2, 0.25) is 0 Å². The van der Waals surface area contributed by atoms with Gasteiger partial charge in [-0.1, -0.05) is 31.4 Å². The van der Waals surface area contributed by atoms with E-state index in [2.05, 4.69) is 11.8 Å². The summed E-state index contributed by atoms with van der Waals surface area (Å²) in [5.74, 6) is -0.00522. The van der Waals surface area contributed by atoms with Crippen LogP contribution in [0.3, 0.4) is 0 Å². The van der Waals surface area contributed by atoms with E-state index in [4.69, 9.17) is 0 Å². The Morgan fingerprint density at radius 2 is 2.05 bits per heavy atom. The third-order valence-electron chi connectivity index (χ3n) is 4.03. The summed E-state index contributed by atoms with van der Waals surface area (Å²) in [6, 6.07) is 5.73. The van der Waals surface area contributed by atoms with Gasteiger partial charge in [0.15, 0.2) is 0 Å². The highest BCUT2D eigenvalue weighted by Gasteiger charge is 2.22. The summed E-state index contributed by atoms with van der Waals surface area (Å²) in [5.41, 5.74) is 2.32. The van der Waals surface area contributed by atoms with Crippen LogP contribution in [0.25, 0.3) is 0 Å². The summed E-state index contributed by atoms with van der Waals surface area (Å²) in [5, 5.41) is 9.33. The van der Waals surface area contributed by atoms with Gasteiger partial charge in [0.05, 0.1) is 11.3 Å². The number of carboxylic acids is 1. The Morgan fingerprint density at radius 1 is 1.37 bits per heavy atom. The number of benzene rings is 1. The second-order valence-corrected chi connectivity index (χ2v) is 5.54. The number of piperidine rings is 1. The molecule has 0 amide bonds. The zero-order valence-electron chi connectivity index (χ0n) is 11.9. The Bertz CT molecular complexity index is 448. The van der Waals surface area contributed by atoms with Crippen molar-refractivity contribution in [3.8, 4) is 0 Å². The molecule has 104 valence electrons. The quantitative estimate of drug-likeness (QED) is 0.898. The largest absolute Gasteiger partial charge is 0.478 e. The molecule has 0 bridgehead atoms. The van der Waals surface area contributed by atoms with Gasteiger partial charge in [-0.2, -0.15) is 0 Å². The molecule has 3 heteroatoms. The third kappa shape index (κ3) is 3.28. The average molecular weight is 261 g/mol. The summed E-state index contributed by atoms with van der Waals surface area (Å²) in [6.07, 6.45) is 4.91. The lowest BCUT2D eigenvalue weighted by Gasteiger charge is -2.34. The van der Waals surface area contributed by atoms with E-state index in [0.717, 1.165) is 30.3 Å². The van der Waals surface area contributed by atoms with E-state index in [1.807, 2.05) is 19.1 Å². The normalized spacial score (nSPS) is 16.6. The van der Waals surface area contributed by atoms with Crippen LogP contribution < -0.4 is 4.90 Å². The summed E-state index contributed by atoms with van der Waals surface area (Å²) < 4.78 is 0. The van der Waals surface area contributed by atoms with Crippen molar-refractivity contribution in [2.75, 3.05) is 18.0 Å². The first-order valence-corrected chi connectivity index (χ1v) is 7.20.